The lowest BCUT2D eigenvalue weighted by Gasteiger charge is -2.29. The Morgan fingerprint density at radius 1 is 1.35 bits per heavy atom. The van der Waals surface area contributed by atoms with Crippen LogP contribution in [0.15, 0.2) is 28.2 Å². The number of carbonyl (C=O) groups excluding carboxylic acids is 1. The third kappa shape index (κ3) is 1.78. The fraction of sp³-hybridized carbons (Fsp3) is 0.462. The maximum atomic E-state index is 11.3. The third-order valence-electron chi connectivity index (χ3n) is 3.65. The van der Waals surface area contributed by atoms with E-state index in [9.17, 15) is 4.79 Å². The SMILES string of the molecule is CC1CNCCC1c1cccc2c1=NC(=O)N=2. The van der Waals surface area contributed by atoms with E-state index in [-0.39, 0.29) is 6.03 Å². The first-order valence-electron chi connectivity index (χ1n) is 6.07. The molecule has 0 aliphatic carbocycles. The lowest BCUT2D eigenvalue weighted by atomic mass is 9.82. The molecule has 2 amide bonds. The van der Waals surface area contributed by atoms with Gasteiger partial charge in [-0.05, 0) is 43.0 Å². The van der Waals surface area contributed by atoms with Gasteiger partial charge in [-0.25, -0.2) is 4.79 Å². The predicted octanol–water partition coefficient (Wildman–Crippen LogP) is 0.772. The zero-order valence-electron chi connectivity index (χ0n) is 9.81. The molecule has 0 aromatic heterocycles. The molecule has 2 unspecified atom stereocenters. The molecule has 17 heavy (non-hydrogen) atoms. The van der Waals surface area contributed by atoms with Crippen molar-refractivity contribution in [2.24, 2.45) is 15.9 Å². The number of hydrogen-bond donors (Lipinski definition) is 1. The molecule has 1 aromatic carbocycles. The highest BCUT2D eigenvalue weighted by atomic mass is 16.2. The Labute approximate surface area is 99.5 Å². The highest BCUT2D eigenvalue weighted by molar-refractivity contribution is 5.77. The Morgan fingerprint density at radius 2 is 2.24 bits per heavy atom. The number of nitrogens with one attached hydrogen (secondary N) is 1. The van der Waals surface area contributed by atoms with E-state index in [1.54, 1.807) is 0 Å². The van der Waals surface area contributed by atoms with Crippen LogP contribution in [0.4, 0.5) is 4.79 Å². The molecule has 4 nitrogen and oxygen atoms in total. The smallest absolute Gasteiger partial charge is 0.316 e. The second-order valence-corrected chi connectivity index (χ2v) is 4.80. The minimum Gasteiger partial charge on any atom is -0.316 e. The summed E-state index contributed by atoms with van der Waals surface area (Å²) in [5, 5.41) is 4.93. The molecule has 1 aromatic rings. The van der Waals surface area contributed by atoms with Gasteiger partial charge in [0.05, 0.1) is 10.7 Å². The molecule has 1 saturated heterocycles. The number of piperidine rings is 1. The summed E-state index contributed by atoms with van der Waals surface area (Å²) in [5.74, 6) is 1.05. The van der Waals surface area contributed by atoms with E-state index in [1.807, 2.05) is 12.1 Å². The van der Waals surface area contributed by atoms with Crippen LogP contribution in [0.1, 0.15) is 24.8 Å². The highest BCUT2D eigenvalue weighted by Gasteiger charge is 2.25. The van der Waals surface area contributed by atoms with Crippen LogP contribution in [0.2, 0.25) is 0 Å². The predicted molar refractivity (Wildman–Crippen MR) is 63.5 cm³/mol. The molecular formula is C13H15N3O. The van der Waals surface area contributed by atoms with E-state index >= 15 is 0 Å². The molecule has 0 spiro atoms. The van der Waals surface area contributed by atoms with E-state index < -0.39 is 0 Å². The number of amides is 2. The van der Waals surface area contributed by atoms with Crippen molar-refractivity contribution < 1.29 is 4.79 Å². The van der Waals surface area contributed by atoms with Gasteiger partial charge in [0.1, 0.15) is 0 Å². The maximum Gasteiger partial charge on any atom is 0.368 e. The molecule has 88 valence electrons. The molecule has 4 heteroatoms. The lowest BCUT2D eigenvalue weighted by Crippen LogP contribution is -2.38. The van der Waals surface area contributed by atoms with Gasteiger partial charge in [0.25, 0.3) is 0 Å². The van der Waals surface area contributed by atoms with E-state index in [2.05, 4.69) is 28.3 Å². The molecule has 1 fully saturated rings. The summed E-state index contributed by atoms with van der Waals surface area (Å²) in [7, 11) is 0. The average Bonchev–Trinajstić information content (AvgIpc) is 2.70. The Kier molecular flexibility index (Phi) is 2.52. The Morgan fingerprint density at radius 3 is 3.06 bits per heavy atom. The number of rotatable bonds is 1. The van der Waals surface area contributed by atoms with Crippen LogP contribution in [0.3, 0.4) is 0 Å². The Balaban J connectivity index is 2.12. The van der Waals surface area contributed by atoms with Crippen LogP contribution in [-0.2, 0) is 0 Å². The largest absolute Gasteiger partial charge is 0.368 e. The van der Waals surface area contributed by atoms with E-state index in [0.29, 0.717) is 11.8 Å². The van der Waals surface area contributed by atoms with Gasteiger partial charge in [-0.2, -0.15) is 9.98 Å². The van der Waals surface area contributed by atoms with E-state index in [4.69, 9.17) is 0 Å². The molecule has 2 atom stereocenters. The topological polar surface area (TPSA) is 53.8 Å². The molecule has 2 heterocycles. The van der Waals surface area contributed by atoms with Crippen molar-refractivity contribution in [2.75, 3.05) is 13.1 Å². The summed E-state index contributed by atoms with van der Waals surface area (Å²) >= 11 is 0. The molecular weight excluding hydrogens is 214 g/mol. The Hall–Kier alpha value is -1.55. The summed E-state index contributed by atoms with van der Waals surface area (Å²) in [6.07, 6.45) is 1.10. The van der Waals surface area contributed by atoms with Crippen molar-refractivity contribution in [3.63, 3.8) is 0 Å². The minimum atomic E-state index is -0.367. The van der Waals surface area contributed by atoms with Gasteiger partial charge in [0, 0.05) is 0 Å². The quantitative estimate of drug-likeness (QED) is 0.773. The number of nitrogens with zero attached hydrogens (tertiary/aromatic N) is 2. The highest BCUT2D eigenvalue weighted by Crippen LogP contribution is 2.27. The number of carbonyl (C=O) groups is 1. The minimum absolute atomic E-state index is 0.367. The fourth-order valence-electron chi connectivity index (χ4n) is 2.76. The van der Waals surface area contributed by atoms with E-state index in [0.717, 1.165) is 30.2 Å². The first-order valence-corrected chi connectivity index (χ1v) is 6.07. The maximum absolute atomic E-state index is 11.3. The van der Waals surface area contributed by atoms with E-state index in [1.165, 1.54) is 5.56 Å². The Bertz CT molecular complexity index is 579. The lowest BCUT2D eigenvalue weighted by molar-refractivity contribution is 0.256. The van der Waals surface area contributed by atoms with Gasteiger partial charge in [-0.15, -0.1) is 0 Å². The van der Waals surface area contributed by atoms with Gasteiger partial charge in [0.2, 0.25) is 0 Å². The number of hydrogen-bond acceptors (Lipinski definition) is 2. The summed E-state index contributed by atoms with van der Waals surface area (Å²) in [6, 6.07) is 5.55. The van der Waals surface area contributed by atoms with Crippen LogP contribution >= 0.6 is 0 Å². The molecule has 2 aliphatic rings. The third-order valence-corrected chi connectivity index (χ3v) is 3.65. The summed E-state index contributed by atoms with van der Waals surface area (Å²) < 4.78 is 0. The average molecular weight is 229 g/mol. The van der Waals surface area contributed by atoms with Crippen LogP contribution in [0.25, 0.3) is 0 Å². The van der Waals surface area contributed by atoms with Gasteiger partial charge < -0.3 is 5.32 Å². The van der Waals surface area contributed by atoms with Crippen LogP contribution in [0.5, 0.6) is 0 Å². The monoisotopic (exact) mass is 229 g/mol. The second-order valence-electron chi connectivity index (χ2n) is 4.80. The summed E-state index contributed by atoms with van der Waals surface area (Å²) in [5.41, 5.74) is 1.19. The number of fused-ring (bicyclic) bond motifs is 1. The molecule has 0 radical (unpaired) electrons. The number of benzene rings is 1. The van der Waals surface area contributed by atoms with Crippen LogP contribution in [-0.4, -0.2) is 19.1 Å². The molecule has 0 saturated carbocycles. The van der Waals surface area contributed by atoms with Crippen molar-refractivity contribution in [3.05, 3.63) is 34.5 Å². The zero-order chi connectivity index (χ0) is 11.8. The molecule has 0 bridgehead atoms. The van der Waals surface area contributed by atoms with Gasteiger partial charge in [-0.1, -0.05) is 19.1 Å². The molecule has 2 aliphatic heterocycles. The van der Waals surface area contributed by atoms with Gasteiger partial charge >= 0.3 is 6.03 Å². The van der Waals surface area contributed by atoms with Crippen LogP contribution < -0.4 is 16.0 Å². The standard InChI is InChI=1S/C13H15N3O/c1-8-7-14-6-5-9(8)10-3-2-4-11-12(10)16-13(17)15-11/h2-4,8-9,14H,5-7H2,1H3. The number of para-hydroxylation sites is 1. The fourth-order valence-corrected chi connectivity index (χ4v) is 2.76. The van der Waals surface area contributed by atoms with Crippen molar-refractivity contribution in [1.82, 2.24) is 5.32 Å². The summed E-state index contributed by atoms with van der Waals surface area (Å²) in [6.45, 7) is 4.30. The summed E-state index contributed by atoms with van der Waals surface area (Å²) in [4.78, 5) is 19.2. The molecule has 3 rings (SSSR count). The van der Waals surface area contributed by atoms with Gasteiger partial charge in [-0.3, -0.25) is 0 Å². The van der Waals surface area contributed by atoms with Crippen molar-refractivity contribution >= 4 is 6.03 Å². The zero-order valence-corrected chi connectivity index (χ0v) is 9.81. The first-order chi connectivity index (χ1) is 8.25. The van der Waals surface area contributed by atoms with Crippen molar-refractivity contribution in [1.29, 1.82) is 0 Å². The normalized spacial score (nSPS) is 27.2. The van der Waals surface area contributed by atoms with Gasteiger partial charge in [0.15, 0.2) is 0 Å². The van der Waals surface area contributed by atoms with Crippen molar-refractivity contribution in [3.8, 4) is 0 Å². The number of urea groups is 1. The molecule has 1 N–H and O–H groups in total. The van der Waals surface area contributed by atoms with Crippen molar-refractivity contribution in [2.45, 2.75) is 19.3 Å². The second kappa shape index (κ2) is 4.04. The van der Waals surface area contributed by atoms with Crippen LogP contribution in [0, 0.1) is 5.92 Å². The first kappa shape index (κ1) is 10.6.